The highest BCUT2D eigenvalue weighted by atomic mass is 79.9. The molecule has 1 fully saturated rings. The number of nitrogens with zero attached hydrogens (tertiary/aromatic N) is 1. The molecule has 0 atom stereocenters. The van der Waals surface area contributed by atoms with Gasteiger partial charge in [0.25, 0.3) is 0 Å². The van der Waals surface area contributed by atoms with E-state index in [0.29, 0.717) is 13.2 Å². The zero-order valence-electron chi connectivity index (χ0n) is 14.9. The Morgan fingerprint density at radius 3 is 2.46 bits per heavy atom. The van der Waals surface area contributed by atoms with Gasteiger partial charge in [0.2, 0.25) is 5.91 Å². The van der Waals surface area contributed by atoms with Crippen molar-refractivity contribution >= 4 is 21.8 Å². The number of halogens is 1. The van der Waals surface area contributed by atoms with Crippen LogP contribution in [0.4, 0.5) is 0 Å². The average Bonchev–Trinajstić information content (AvgIpc) is 2.68. The highest BCUT2D eigenvalue weighted by Crippen LogP contribution is 2.20. The first kappa shape index (κ1) is 18.9. The molecule has 0 bridgehead atoms. The number of nitrogens with one attached hydrogen (secondary N) is 1. The zero-order chi connectivity index (χ0) is 18.2. The number of carbonyl (C=O) groups is 1. The maximum Gasteiger partial charge on any atom is 0.223 e. The normalized spacial score (nSPS) is 15.6. The molecule has 0 unspecified atom stereocenters. The zero-order valence-corrected chi connectivity index (χ0v) is 16.5. The minimum Gasteiger partial charge on any atom is -0.492 e. The van der Waals surface area contributed by atoms with Crippen molar-refractivity contribution in [2.24, 2.45) is 5.92 Å². The van der Waals surface area contributed by atoms with Crippen molar-refractivity contribution in [1.29, 1.82) is 0 Å². The Kier molecular flexibility index (Phi) is 7.09. The molecule has 0 aliphatic carbocycles. The molecule has 1 aliphatic rings. The third-order valence-corrected chi connectivity index (χ3v) is 5.22. The van der Waals surface area contributed by atoms with Gasteiger partial charge in [-0.1, -0.05) is 46.3 Å². The van der Waals surface area contributed by atoms with Gasteiger partial charge in [-0.15, -0.1) is 0 Å². The monoisotopic (exact) mass is 416 g/mol. The standard InChI is InChI=1S/C21H25BrN2O2/c22-19-8-6-17(7-9-19)16-24-13-10-18(11-14-24)21(25)23-12-15-26-20-4-2-1-3-5-20/h1-9,18H,10-16H2,(H,23,25). The number of hydrogen-bond donors (Lipinski definition) is 1. The maximum absolute atomic E-state index is 12.3. The van der Waals surface area contributed by atoms with E-state index in [1.807, 2.05) is 30.3 Å². The number of piperidine rings is 1. The van der Waals surface area contributed by atoms with E-state index in [1.54, 1.807) is 0 Å². The number of ether oxygens (including phenoxy) is 1. The van der Waals surface area contributed by atoms with Crippen molar-refractivity contribution in [3.63, 3.8) is 0 Å². The second-order valence-electron chi connectivity index (χ2n) is 6.63. The summed E-state index contributed by atoms with van der Waals surface area (Å²) in [4.78, 5) is 14.7. The second-order valence-corrected chi connectivity index (χ2v) is 7.55. The SMILES string of the molecule is O=C(NCCOc1ccccc1)C1CCN(Cc2ccc(Br)cc2)CC1. The van der Waals surface area contributed by atoms with Crippen LogP contribution < -0.4 is 10.1 Å². The molecule has 4 nitrogen and oxygen atoms in total. The summed E-state index contributed by atoms with van der Waals surface area (Å²) in [5.74, 6) is 1.11. The molecule has 26 heavy (non-hydrogen) atoms. The molecule has 5 heteroatoms. The molecule has 1 amide bonds. The van der Waals surface area contributed by atoms with Crippen LogP contribution in [0.25, 0.3) is 0 Å². The quantitative estimate of drug-likeness (QED) is 0.696. The fraction of sp³-hybridized carbons (Fsp3) is 0.381. The molecule has 138 valence electrons. The van der Waals surface area contributed by atoms with Gasteiger partial charge in [0.1, 0.15) is 12.4 Å². The first-order chi connectivity index (χ1) is 12.7. The van der Waals surface area contributed by atoms with Crippen LogP contribution in [0.3, 0.4) is 0 Å². The summed E-state index contributed by atoms with van der Waals surface area (Å²) in [5.41, 5.74) is 1.31. The highest BCUT2D eigenvalue weighted by molar-refractivity contribution is 9.10. The van der Waals surface area contributed by atoms with E-state index >= 15 is 0 Å². The number of rotatable bonds is 7. The Morgan fingerprint density at radius 1 is 1.08 bits per heavy atom. The van der Waals surface area contributed by atoms with E-state index in [1.165, 1.54) is 5.56 Å². The van der Waals surface area contributed by atoms with Crippen LogP contribution in [-0.2, 0) is 11.3 Å². The van der Waals surface area contributed by atoms with Gasteiger partial charge in [0.05, 0.1) is 6.54 Å². The maximum atomic E-state index is 12.3. The molecule has 1 heterocycles. The lowest BCUT2D eigenvalue weighted by Gasteiger charge is -2.31. The average molecular weight is 417 g/mol. The highest BCUT2D eigenvalue weighted by Gasteiger charge is 2.24. The number of amides is 1. The van der Waals surface area contributed by atoms with E-state index < -0.39 is 0 Å². The number of carbonyl (C=O) groups excluding carboxylic acids is 1. The third kappa shape index (κ3) is 5.85. The lowest BCUT2D eigenvalue weighted by Crippen LogP contribution is -2.41. The minimum absolute atomic E-state index is 0.118. The summed E-state index contributed by atoms with van der Waals surface area (Å²) in [6, 6.07) is 18.1. The van der Waals surface area contributed by atoms with Gasteiger partial charge in [-0.25, -0.2) is 0 Å². The van der Waals surface area contributed by atoms with Crippen LogP contribution in [0.2, 0.25) is 0 Å². The first-order valence-electron chi connectivity index (χ1n) is 9.13. The smallest absolute Gasteiger partial charge is 0.223 e. The van der Waals surface area contributed by atoms with E-state index in [-0.39, 0.29) is 11.8 Å². The third-order valence-electron chi connectivity index (χ3n) is 4.69. The largest absolute Gasteiger partial charge is 0.492 e. The molecule has 0 saturated carbocycles. The molecule has 0 radical (unpaired) electrons. The van der Waals surface area contributed by atoms with Gasteiger partial charge < -0.3 is 10.1 Å². The Morgan fingerprint density at radius 2 is 1.77 bits per heavy atom. The van der Waals surface area contributed by atoms with Crippen LogP contribution in [0.5, 0.6) is 5.75 Å². The Hall–Kier alpha value is -1.85. The lowest BCUT2D eigenvalue weighted by atomic mass is 9.95. The molecule has 3 rings (SSSR count). The van der Waals surface area contributed by atoms with Crippen molar-refractivity contribution in [1.82, 2.24) is 10.2 Å². The number of benzene rings is 2. The van der Waals surface area contributed by atoms with Crippen LogP contribution in [0.1, 0.15) is 18.4 Å². The van der Waals surface area contributed by atoms with Crippen LogP contribution in [0.15, 0.2) is 59.1 Å². The van der Waals surface area contributed by atoms with Crippen molar-refractivity contribution in [2.75, 3.05) is 26.2 Å². The lowest BCUT2D eigenvalue weighted by molar-refractivity contribution is -0.126. The van der Waals surface area contributed by atoms with E-state index in [9.17, 15) is 4.79 Å². The predicted octanol–water partition coefficient (Wildman–Crippen LogP) is 3.86. The summed E-state index contributed by atoms with van der Waals surface area (Å²) in [6.45, 7) is 3.93. The Bertz CT molecular complexity index is 683. The molecule has 1 N–H and O–H groups in total. The van der Waals surface area contributed by atoms with Gasteiger partial charge in [-0.05, 0) is 55.8 Å². The van der Waals surface area contributed by atoms with Gasteiger partial charge in [0.15, 0.2) is 0 Å². The van der Waals surface area contributed by atoms with Gasteiger partial charge in [-0.2, -0.15) is 0 Å². The summed E-state index contributed by atoms with van der Waals surface area (Å²) in [6.07, 6.45) is 1.84. The minimum atomic E-state index is 0.118. The summed E-state index contributed by atoms with van der Waals surface area (Å²) >= 11 is 3.47. The van der Waals surface area contributed by atoms with Crippen molar-refractivity contribution < 1.29 is 9.53 Å². The predicted molar refractivity (Wildman–Crippen MR) is 107 cm³/mol. The molecule has 2 aromatic carbocycles. The van der Waals surface area contributed by atoms with E-state index in [2.05, 4.69) is 50.4 Å². The molecule has 1 saturated heterocycles. The summed E-state index contributed by atoms with van der Waals surface area (Å²) in [5, 5.41) is 3.01. The van der Waals surface area contributed by atoms with Crippen molar-refractivity contribution in [2.45, 2.75) is 19.4 Å². The fourth-order valence-corrected chi connectivity index (χ4v) is 3.47. The molecular formula is C21H25BrN2O2. The van der Waals surface area contributed by atoms with Gasteiger partial charge in [0, 0.05) is 16.9 Å². The second kappa shape index (κ2) is 9.74. The topological polar surface area (TPSA) is 41.6 Å². The number of likely N-dealkylation sites (tertiary alicyclic amines) is 1. The molecule has 0 spiro atoms. The Balaban J connectivity index is 1.33. The van der Waals surface area contributed by atoms with Gasteiger partial charge in [-0.3, -0.25) is 9.69 Å². The van der Waals surface area contributed by atoms with Crippen molar-refractivity contribution in [3.05, 3.63) is 64.6 Å². The Labute approximate surface area is 163 Å². The van der Waals surface area contributed by atoms with E-state index in [0.717, 1.165) is 42.7 Å². The molecule has 1 aliphatic heterocycles. The summed E-state index contributed by atoms with van der Waals surface area (Å²) < 4.78 is 6.71. The van der Waals surface area contributed by atoms with Crippen LogP contribution in [0, 0.1) is 5.92 Å². The molecular weight excluding hydrogens is 392 g/mol. The first-order valence-corrected chi connectivity index (χ1v) is 9.92. The number of para-hydroxylation sites is 1. The van der Waals surface area contributed by atoms with E-state index in [4.69, 9.17) is 4.74 Å². The summed E-state index contributed by atoms with van der Waals surface area (Å²) in [7, 11) is 0. The van der Waals surface area contributed by atoms with Crippen LogP contribution >= 0.6 is 15.9 Å². The van der Waals surface area contributed by atoms with Crippen LogP contribution in [-0.4, -0.2) is 37.0 Å². The number of hydrogen-bond acceptors (Lipinski definition) is 3. The van der Waals surface area contributed by atoms with Gasteiger partial charge >= 0.3 is 0 Å². The fourth-order valence-electron chi connectivity index (χ4n) is 3.21. The van der Waals surface area contributed by atoms with Crippen molar-refractivity contribution in [3.8, 4) is 5.75 Å². The molecule has 0 aromatic heterocycles. The molecule has 2 aromatic rings.